The predicted octanol–water partition coefficient (Wildman–Crippen LogP) is 2.85. The van der Waals surface area contributed by atoms with Gasteiger partial charge in [0.25, 0.3) is 0 Å². The van der Waals surface area contributed by atoms with Crippen LogP contribution in [0.4, 0.5) is 0 Å². The van der Waals surface area contributed by atoms with Crippen LogP contribution in [0.2, 0.25) is 0 Å². The van der Waals surface area contributed by atoms with Crippen molar-refractivity contribution in [2.45, 2.75) is 33.2 Å². The fraction of sp³-hybridized carbons (Fsp3) is 0.412. The largest absolute Gasteiger partial charge is 0.444 e. The third-order valence-corrected chi connectivity index (χ3v) is 3.81. The van der Waals surface area contributed by atoms with Crippen LogP contribution >= 0.6 is 0 Å². The van der Waals surface area contributed by atoms with Crippen molar-refractivity contribution in [3.05, 3.63) is 42.0 Å². The van der Waals surface area contributed by atoms with Crippen molar-refractivity contribution >= 4 is 18.0 Å². The van der Waals surface area contributed by atoms with E-state index in [0.717, 1.165) is 5.56 Å². The molecule has 1 aliphatic rings. The van der Waals surface area contributed by atoms with Crippen LogP contribution in [-0.2, 0) is 14.3 Å². The Labute approximate surface area is 125 Å². The average molecular weight is 287 g/mol. The Hall–Kier alpha value is -2.10. The second-order valence-electron chi connectivity index (χ2n) is 5.71. The Morgan fingerprint density at radius 3 is 2.62 bits per heavy atom. The zero-order valence-electron chi connectivity index (χ0n) is 12.7. The number of ether oxygens (including phenoxy) is 1. The van der Waals surface area contributed by atoms with Crippen LogP contribution in [0.1, 0.15) is 32.8 Å². The maximum absolute atomic E-state index is 12.1. The molecule has 112 valence electrons. The Morgan fingerprint density at radius 2 is 2.00 bits per heavy atom. The number of likely N-dealkylation sites (tertiary alicyclic amines) is 1. The SMILES string of the molecule is CCC(=O)OCN1C(=O)C(C)(C)C1/C=C/c1ccccc1. The first-order chi connectivity index (χ1) is 9.96. The molecule has 4 nitrogen and oxygen atoms in total. The Morgan fingerprint density at radius 1 is 1.33 bits per heavy atom. The molecule has 4 heteroatoms. The molecule has 0 aromatic heterocycles. The Balaban J connectivity index is 2.05. The maximum Gasteiger partial charge on any atom is 0.307 e. The number of carbonyl (C=O) groups is 2. The van der Waals surface area contributed by atoms with E-state index >= 15 is 0 Å². The summed E-state index contributed by atoms with van der Waals surface area (Å²) < 4.78 is 5.07. The summed E-state index contributed by atoms with van der Waals surface area (Å²) in [5.41, 5.74) is 0.627. The summed E-state index contributed by atoms with van der Waals surface area (Å²) >= 11 is 0. The fourth-order valence-electron chi connectivity index (χ4n) is 2.44. The number of amides is 1. The molecule has 1 heterocycles. The Bertz CT molecular complexity index is 548. The number of esters is 1. The zero-order chi connectivity index (χ0) is 15.5. The van der Waals surface area contributed by atoms with Gasteiger partial charge in [0, 0.05) is 6.42 Å². The number of hydrogen-bond acceptors (Lipinski definition) is 3. The van der Waals surface area contributed by atoms with E-state index in [1.54, 1.807) is 11.8 Å². The van der Waals surface area contributed by atoms with Crippen LogP contribution in [0.3, 0.4) is 0 Å². The molecular weight excluding hydrogens is 266 g/mol. The van der Waals surface area contributed by atoms with Crippen LogP contribution in [0.25, 0.3) is 6.08 Å². The third kappa shape index (κ3) is 3.15. The molecule has 1 fully saturated rings. The van der Waals surface area contributed by atoms with Gasteiger partial charge in [0.05, 0.1) is 11.5 Å². The molecule has 2 rings (SSSR count). The Kier molecular flexibility index (Phi) is 4.46. The van der Waals surface area contributed by atoms with Gasteiger partial charge in [-0.15, -0.1) is 0 Å². The molecule has 1 saturated heterocycles. The van der Waals surface area contributed by atoms with Crippen molar-refractivity contribution < 1.29 is 14.3 Å². The van der Waals surface area contributed by atoms with Gasteiger partial charge in [0.2, 0.25) is 5.91 Å². The highest BCUT2D eigenvalue weighted by Gasteiger charge is 2.53. The molecule has 1 atom stereocenters. The second-order valence-corrected chi connectivity index (χ2v) is 5.71. The summed E-state index contributed by atoms with van der Waals surface area (Å²) in [7, 11) is 0. The summed E-state index contributed by atoms with van der Waals surface area (Å²) in [6.07, 6.45) is 4.31. The van der Waals surface area contributed by atoms with Crippen molar-refractivity contribution in [3.63, 3.8) is 0 Å². The molecule has 0 N–H and O–H groups in total. The summed E-state index contributed by atoms with van der Waals surface area (Å²) in [4.78, 5) is 24.9. The molecule has 1 aromatic rings. The smallest absolute Gasteiger partial charge is 0.307 e. The molecule has 0 saturated carbocycles. The van der Waals surface area contributed by atoms with Gasteiger partial charge < -0.3 is 9.64 Å². The van der Waals surface area contributed by atoms with Crippen LogP contribution in [-0.4, -0.2) is 29.5 Å². The van der Waals surface area contributed by atoms with E-state index < -0.39 is 5.41 Å². The molecule has 21 heavy (non-hydrogen) atoms. The number of benzene rings is 1. The molecular formula is C17H21NO3. The minimum atomic E-state index is -0.454. The van der Waals surface area contributed by atoms with E-state index in [4.69, 9.17) is 4.74 Å². The molecule has 0 spiro atoms. The van der Waals surface area contributed by atoms with Gasteiger partial charge >= 0.3 is 5.97 Å². The molecule has 1 unspecified atom stereocenters. The predicted molar refractivity (Wildman–Crippen MR) is 81.1 cm³/mol. The van der Waals surface area contributed by atoms with Gasteiger partial charge in [0.15, 0.2) is 6.73 Å². The highest BCUT2D eigenvalue weighted by Crippen LogP contribution is 2.39. The minimum Gasteiger partial charge on any atom is -0.444 e. The van der Waals surface area contributed by atoms with Gasteiger partial charge in [-0.25, -0.2) is 0 Å². The topological polar surface area (TPSA) is 46.6 Å². The lowest BCUT2D eigenvalue weighted by molar-refractivity contribution is -0.178. The van der Waals surface area contributed by atoms with E-state index in [-0.39, 0.29) is 24.6 Å². The minimum absolute atomic E-state index is 0.00844. The van der Waals surface area contributed by atoms with E-state index in [1.165, 1.54) is 0 Å². The normalized spacial score (nSPS) is 20.4. The second kappa shape index (κ2) is 6.12. The number of hydrogen-bond donors (Lipinski definition) is 0. The van der Waals surface area contributed by atoms with Crippen molar-refractivity contribution in [1.82, 2.24) is 4.90 Å². The number of carbonyl (C=O) groups excluding carboxylic acids is 2. The molecule has 0 aliphatic carbocycles. The van der Waals surface area contributed by atoms with Gasteiger partial charge in [-0.05, 0) is 19.4 Å². The van der Waals surface area contributed by atoms with E-state index in [0.29, 0.717) is 6.42 Å². The van der Waals surface area contributed by atoms with Crippen LogP contribution in [0.15, 0.2) is 36.4 Å². The van der Waals surface area contributed by atoms with Crippen LogP contribution in [0.5, 0.6) is 0 Å². The van der Waals surface area contributed by atoms with E-state index in [1.807, 2.05) is 56.3 Å². The first kappa shape index (κ1) is 15.3. The number of rotatable bonds is 5. The highest BCUT2D eigenvalue weighted by atomic mass is 16.5. The molecule has 0 bridgehead atoms. The molecule has 0 radical (unpaired) electrons. The summed E-state index contributed by atoms with van der Waals surface area (Å²) in [5, 5.41) is 0. The van der Waals surface area contributed by atoms with Crippen LogP contribution < -0.4 is 0 Å². The van der Waals surface area contributed by atoms with Crippen molar-refractivity contribution in [1.29, 1.82) is 0 Å². The highest BCUT2D eigenvalue weighted by molar-refractivity contribution is 5.90. The van der Waals surface area contributed by atoms with Crippen molar-refractivity contribution in [2.24, 2.45) is 5.41 Å². The van der Waals surface area contributed by atoms with Gasteiger partial charge in [-0.1, -0.05) is 49.4 Å². The summed E-state index contributed by atoms with van der Waals surface area (Å²) in [6.45, 7) is 5.58. The lowest BCUT2D eigenvalue weighted by Gasteiger charge is -2.51. The fourth-order valence-corrected chi connectivity index (χ4v) is 2.44. The van der Waals surface area contributed by atoms with Crippen molar-refractivity contribution in [2.75, 3.05) is 6.73 Å². The average Bonchev–Trinajstić information content (AvgIpc) is 2.50. The van der Waals surface area contributed by atoms with Gasteiger partial charge in [0.1, 0.15) is 0 Å². The lowest BCUT2D eigenvalue weighted by atomic mass is 9.74. The van der Waals surface area contributed by atoms with E-state index in [9.17, 15) is 9.59 Å². The zero-order valence-corrected chi connectivity index (χ0v) is 12.7. The first-order valence-corrected chi connectivity index (χ1v) is 7.16. The van der Waals surface area contributed by atoms with Crippen molar-refractivity contribution in [3.8, 4) is 0 Å². The quantitative estimate of drug-likeness (QED) is 0.618. The summed E-state index contributed by atoms with van der Waals surface area (Å²) in [5.74, 6) is -0.285. The van der Waals surface area contributed by atoms with Gasteiger partial charge in [-0.3, -0.25) is 9.59 Å². The standard InChI is InChI=1S/C17H21NO3/c1-4-15(19)21-12-18-14(17(2,3)16(18)20)11-10-13-8-6-5-7-9-13/h5-11,14H,4,12H2,1-3H3/b11-10+. The molecule has 1 aliphatic heterocycles. The van der Waals surface area contributed by atoms with E-state index in [2.05, 4.69) is 0 Å². The number of β-lactam (4-membered cyclic amide) rings is 1. The lowest BCUT2D eigenvalue weighted by Crippen LogP contribution is -2.66. The van der Waals surface area contributed by atoms with Gasteiger partial charge in [-0.2, -0.15) is 0 Å². The third-order valence-electron chi connectivity index (χ3n) is 3.81. The maximum atomic E-state index is 12.1. The first-order valence-electron chi connectivity index (χ1n) is 7.16. The summed E-state index contributed by atoms with van der Waals surface area (Å²) in [6, 6.07) is 9.85. The van der Waals surface area contributed by atoms with Crippen LogP contribution in [0, 0.1) is 5.41 Å². The molecule has 1 aromatic carbocycles. The molecule has 1 amide bonds. The number of nitrogens with zero attached hydrogens (tertiary/aromatic N) is 1. The monoisotopic (exact) mass is 287 g/mol.